The second kappa shape index (κ2) is 7.48. The lowest BCUT2D eigenvalue weighted by atomic mass is 10.1. The number of amidine groups is 1. The van der Waals surface area contributed by atoms with Crippen molar-refractivity contribution in [3.05, 3.63) is 23.9 Å². The van der Waals surface area contributed by atoms with Crippen LogP contribution in [-0.2, 0) is 14.8 Å². The van der Waals surface area contributed by atoms with Crippen LogP contribution in [0.1, 0.15) is 25.7 Å². The van der Waals surface area contributed by atoms with Gasteiger partial charge in [-0.2, -0.15) is 0 Å². The van der Waals surface area contributed by atoms with E-state index in [9.17, 15) is 13.2 Å². The lowest BCUT2D eigenvalue weighted by molar-refractivity contribution is -0.117. The topological polar surface area (TPSA) is 82.1 Å². The Morgan fingerprint density at radius 3 is 2.75 bits per heavy atom. The molecule has 0 atom stereocenters. The summed E-state index contributed by atoms with van der Waals surface area (Å²) in [6, 6.07) is 0. The van der Waals surface area contributed by atoms with Crippen LogP contribution in [0.2, 0.25) is 0 Å². The number of carbonyl (C=O) groups is 1. The Kier molecular flexibility index (Phi) is 5.35. The summed E-state index contributed by atoms with van der Waals surface area (Å²) in [5.41, 5.74) is 0.535. The van der Waals surface area contributed by atoms with Crippen molar-refractivity contribution in [1.82, 2.24) is 15.1 Å². The summed E-state index contributed by atoms with van der Waals surface area (Å²) < 4.78 is 26.6. The Balaban J connectivity index is 1.43. The van der Waals surface area contributed by atoms with Crippen molar-refractivity contribution in [2.45, 2.75) is 25.7 Å². The van der Waals surface area contributed by atoms with Crippen molar-refractivity contribution in [2.24, 2.45) is 4.40 Å². The highest BCUT2D eigenvalue weighted by atomic mass is 32.2. The van der Waals surface area contributed by atoms with Gasteiger partial charge in [-0.05, 0) is 57.5 Å². The highest BCUT2D eigenvalue weighted by Gasteiger charge is 2.24. The van der Waals surface area contributed by atoms with Gasteiger partial charge in [-0.1, -0.05) is 0 Å². The van der Waals surface area contributed by atoms with Crippen LogP contribution in [-0.4, -0.2) is 68.4 Å². The predicted molar refractivity (Wildman–Crippen MR) is 93.1 cm³/mol. The first-order valence-electron chi connectivity index (χ1n) is 8.53. The molecule has 0 aromatic rings. The fraction of sp³-hybridized carbons (Fsp3) is 0.625. The Morgan fingerprint density at radius 1 is 1.17 bits per heavy atom. The van der Waals surface area contributed by atoms with Crippen LogP contribution in [0.15, 0.2) is 28.3 Å². The van der Waals surface area contributed by atoms with E-state index in [-0.39, 0.29) is 11.7 Å². The summed E-state index contributed by atoms with van der Waals surface area (Å²) in [6.45, 7) is 4.52. The number of rotatable bonds is 6. The Hall–Kier alpha value is -1.67. The highest BCUT2D eigenvalue weighted by molar-refractivity contribution is 7.90. The first-order valence-corrected chi connectivity index (χ1v) is 10.1. The molecule has 3 aliphatic rings. The molecule has 1 fully saturated rings. The zero-order valence-corrected chi connectivity index (χ0v) is 14.6. The second-order valence-electron chi connectivity index (χ2n) is 6.36. The molecule has 1 amide bonds. The largest absolute Gasteiger partial charge is 0.352 e. The number of unbranched alkanes of at least 4 members (excludes halogenated alkanes) is 1. The van der Waals surface area contributed by atoms with E-state index >= 15 is 0 Å². The number of nitrogens with one attached hydrogen (secondary N) is 1. The highest BCUT2D eigenvalue weighted by Crippen LogP contribution is 2.15. The summed E-state index contributed by atoms with van der Waals surface area (Å²) in [5, 5.41) is 2.93. The van der Waals surface area contributed by atoms with Gasteiger partial charge in [0.05, 0.1) is 11.3 Å². The fourth-order valence-electron chi connectivity index (χ4n) is 3.11. The van der Waals surface area contributed by atoms with E-state index in [0.717, 1.165) is 19.4 Å². The SMILES string of the molecule is O=C(NCCCCN1CCCC1)C1=CN2CCS(=O)(=O)N=C2C=C1. The average molecular weight is 352 g/mol. The van der Waals surface area contributed by atoms with Gasteiger partial charge >= 0.3 is 0 Å². The first kappa shape index (κ1) is 17.2. The van der Waals surface area contributed by atoms with Gasteiger partial charge in [0.15, 0.2) is 0 Å². The van der Waals surface area contributed by atoms with Crippen molar-refractivity contribution in [2.75, 3.05) is 38.5 Å². The Morgan fingerprint density at radius 2 is 1.96 bits per heavy atom. The molecule has 7 nitrogen and oxygen atoms in total. The normalized spacial score (nSPS) is 22.8. The van der Waals surface area contributed by atoms with Gasteiger partial charge in [0.2, 0.25) is 0 Å². The van der Waals surface area contributed by atoms with Gasteiger partial charge in [-0.15, -0.1) is 4.40 Å². The molecule has 1 N–H and O–H groups in total. The maximum atomic E-state index is 12.2. The number of hydrogen-bond acceptors (Lipinski definition) is 5. The van der Waals surface area contributed by atoms with Gasteiger partial charge in [0.25, 0.3) is 15.9 Å². The number of fused-ring (bicyclic) bond motifs is 1. The minimum absolute atomic E-state index is 0.0216. The fourth-order valence-corrected chi connectivity index (χ4v) is 4.08. The predicted octanol–water partition coefficient (Wildman–Crippen LogP) is 0.476. The second-order valence-corrected chi connectivity index (χ2v) is 8.11. The molecule has 8 heteroatoms. The zero-order valence-electron chi connectivity index (χ0n) is 13.8. The van der Waals surface area contributed by atoms with Crippen LogP contribution in [0.5, 0.6) is 0 Å². The van der Waals surface area contributed by atoms with E-state index in [0.29, 0.717) is 24.5 Å². The number of hydrogen-bond donors (Lipinski definition) is 1. The molecular weight excluding hydrogens is 328 g/mol. The molecule has 3 heterocycles. The van der Waals surface area contributed by atoms with Crippen LogP contribution < -0.4 is 5.32 Å². The van der Waals surface area contributed by atoms with Crippen LogP contribution >= 0.6 is 0 Å². The Bertz CT molecular complexity index is 675. The third kappa shape index (κ3) is 4.45. The maximum absolute atomic E-state index is 12.2. The van der Waals surface area contributed by atoms with Crippen LogP contribution in [0.25, 0.3) is 0 Å². The van der Waals surface area contributed by atoms with Crippen molar-refractivity contribution in [1.29, 1.82) is 0 Å². The third-order valence-electron chi connectivity index (χ3n) is 4.47. The zero-order chi connectivity index (χ0) is 17.0. The number of likely N-dealkylation sites (tertiary alicyclic amines) is 1. The monoisotopic (exact) mass is 352 g/mol. The summed E-state index contributed by atoms with van der Waals surface area (Å²) >= 11 is 0. The summed E-state index contributed by atoms with van der Waals surface area (Å²) in [6.07, 6.45) is 9.55. The number of amides is 1. The van der Waals surface area contributed by atoms with Gasteiger partial charge in [0.1, 0.15) is 5.84 Å². The van der Waals surface area contributed by atoms with E-state index < -0.39 is 10.0 Å². The minimum Gasteiger partial charge on any atom is -0.352 e. The lowest BCUT2D eigenvalue weighted by Gasteiger charge is -2.26. The van der Waals surface area contributed by atoms with Crippen molar-refractivity contribution in [3.63, 3.8) is 0 Å². The standard InChI is InChI=1S/C16H24N4O3S/c21-16(17-7-1-2-8-19-9-3-4-10-19)14-5-6-15-18-24(22,23)12-11-20(15)13-14/h5-6,13H,1-4,7-12H2,(H,17,21). The van der Waals surface area contributed by atoms with Gasteiger partial charge in [-0.25, -0.2) is 8.42 Å². The molecule has 3 aliphatic heterocycles. The Labute approximate surface area is 143 Å². The molecular formula is C16H24N4O3S. The van der Waals surface area contributed by atoms with Crippen LogP contribution in [0.3, 0.4) is 0 Å². The maximum Gasteiger partial charge on any atom is 0.256 e. The van der Waals surface area contributed by atoms with E-state index in [4.69, 9.17) is 0 Å². The summed E-state index contributed by atoms with van der Waals surface area (Å²) in [5.74, 6) is 0.231. The molecule has 0 aromatic heterocycles. The molecule has 0 aromatic carbocycles. The molecule has 0 spiro atoms. The molecule has 0 unspecified atom stereocenters. The van der Waals surface area contributed by atoms with E-state index in [1.54, 1.807) is 23.3 Å². The first-order chi connectivity index (χ1) is 11.5. The number of nitrogens with zero attached hydrogens (tertiary/aromatic N) is 3. The van der Waals surface area contributed by atoms with Crippen molar-refractivity contribution >= 4 is 21.8 Å². The molecule has 1 saturated heterocycles. The molecule has 0 aliphatic carbocycles. The number of sulfonamides is 1. The minimum atomic E-state index is -3.36. The van der Waals surface area contributed by atoms with Gasteiger partial charge in [-0.3, -0.25) is 4.79 Å². The molecule has 0 saturated carbocycles. The van der Waals surface area contributed by atoms with Gasteiger partial charge in [0, 0.05) is 19.3 Å². The molecule has 24 heavy (non-hydrogen) atoms. The molecule has 132 valence electrons. The smallest absolute Gasteiger partial charge is 0.256 e. The number of carbonyl (C=O) groups excluding carboxylic acids is 1. The van der Waals surface area contributed by atoms with Crippen molar-refractivity contribution in [3.8, 4) is 0 Å². The molecule has 3 rings (SSSR count). The third-order valence-corrected chi connectivity index (χ3v) is 5.64. The summed E-state index contributed by atoms with van der Waals surface area (Å²) in [4.78, 5) is 16.4. The summed E-state index contributed by atoms with van der Waals surface area (Å²) in [7, 11) is -3.36. The van der Waals surface area contributed by atoms with E-state index in [1.165, 1.54) is 25.9 Å². The average Bonchev–Trinajstić information content (AvgIpc) is 3.06. The molecule has 0 bridgehead atoms. The van der Waals surface area contributed by atoms with E-state index in [2.05, 4.69) is 14.6 Å². The van der Waals surface area contributed by atoms with Crippen LogP contribution in [0.4, 0.5) is 0 Å². The molecule has 0 radical (unpaired) electrons. The van der Waals surface area contributed by atoms with Crippen LogP contribution in [0, 0.1) is 0 Å². The van der Waals surface area contributed by atoms with E-state index in [1.807, 2.05) is 0 Å². The van der Waals surface area contributed by atoms with Gasteiger partial charge < -0.3 is 15.1 Å². The quantitative estimate of drug-likeness (QED) is 0.703. The van der Waals surface area contributed by atoms with Crippen molar-refractivity contribution < 1.29 is 13.2 Å². The lowest BCUT2D eigenvalue weighted by Crippen LogP contribution is -2.38.